The van der Waals surface area contributed by atoms with Gasteiger partial charge in [-0.1, -0.05) is 0 Å². The van der Waals surface area contributed by atoms with E-state index < -0.39 is 11.0 Å². The Bertz CT molecular complexity index is 191. The Labute approximate surface area is 74.0 Å². The highest BCUT2D eigenvalue weighted by atomic mass is 16.5. The van der Waals surface area contributed by atoms with E-state index in [1.165, 1.54) is 7.11 Å². The van der Waals surface area contributed by atoms with E-state index in [9.17, 15) is 5.11 Å². The molecule has 0 radical (unpaired) electrons. The zero-order valence-electron chi connectivity index (χ0n) is 8.38. The monoisotopic (exact) mass is 171 g/mol. The molecule has 0 aliphatic heterocycles. The van der Waals surface area contributed by atoms with Crippen LogP contribution in [0.1, 0.15) is 27.7 Å². The highest BCUT2D eigenvalue weighted by Gasteiger charge is 2.44. The van der Waals surface area contributed by atoms with Gasteiger partial charge in [-0.05, 0) is 27.7 Å². The first-order chi connectivity index (χ1) is 5.29. The lowest BCUT2D eigenvalue weighted by molar-refractivity contribution is -0.121. The predicted molar refractivity (Wildman–Crippen MR) is 46.5 cm³/mol. The summed E-state index contributed by atoms with van der Waals surface area (Å²) in [5.41, 5.74) is -1.93. The van der Waals surface area contributed by atoms with Crippen LogP contribution in [0.5, 0.6) is 0 Å². The molecule has 0 aliphatic carbocycles. The molecule has 2 unspecified atom stereocenters. The second-order valence-corrected chi connectivity index (χ2v) is 3.76. The van der Waals surface area contributed by atoms with Crippen LogP contribution in [0.25, 0.3) is 0 Å². The number of nitriles is 1. The summed E-state index contributed by atoms with van der Waals surface area (Å²) in [6.45, 7) is 6.76. The smallest absolute Gasteiger partial charge is 0.106 e. The Morgan fingerprint density at radius 2 is 1.83 bits per heavy atom. The van der Waals surface area contributed by atoms with Crippen molar-refractivity contribution in [2.45, 2.75) is 39.4 Å². The molecule has 12 heavy (non-hydrogen) atoms. The van der Waals surface area contributed by atoms with Crippen LogP contribution >= 0.6 is 0 Å². The van der Waals surface area contributed by atoms with Crippen molar-refractivity contribution in [2.75, 3.05) is 7.11 Å². The first-order valence-corrected chi connectivity index (χ1v) is 3.96. The van der Waals surface area contributed by atoms with Crippen molar-refractivity contribution in [3.63, 3.8) is 0 Å². The average Bonchev–Trinajstić information content (AvgIpc) is 2.02. The standard InChI is InChI=1S/C9H17NO2/c1-7(12-5)9(4,11)8(2,3)6-10/h7,11H,1-5H3. The summed E-state index contributed by atoms with van der Waals surface area (Å²) < 4.78 is 5.00. The average molecular weight is 171 g/mol. The van der Waals surface area contributed by atoms with Crippen molar-refractivity contribution in [3.8, 4) is 6.07 Å². The van der Waals surface area contributed by atoms with E-state index in [1.54, 1.807) is 27.7 Å². The Morgan fingerprint density at radius 1 is 1.42 bits per heavy atom. The van der Waals surface area contributed by atoms with Crippen LogP contribution in [-0.2, 0) is 4.74 Å². The molecule has 2 atom stereocenters. The molecule has 0 saturated carbocycles. The molecule has 0 rings (SSSR count). The van der Waals surface area contributed by atoms with Gasteiger partial charge in [-0.25, -0.2) is 0 Å². The van der Waals surface area contributed by atoms with Crippen molar-refractivity contribution < 1.29 is 9.84 Å². The van der Waals surface area contributed by atoms with Crippen molar-refractivity contribution in [1.82, 2.24) is 0 Å². The minimum atomic E-state index is -1.13. The van der Waals surface area contributed by atoms with Gasteiger partial charge in [0.25, 0.3) is 0 Å². The maximum Gasteiger partial charge on any atom is 0.106 e. The molecule has 0 aliphatic rings. The first kappa shape index (κ1) is 11.4. The number of aliphatic hydroxyl groups is 1. The van der Waals surface area contributed by atoms with Crippen LogP contribution in [0.2, 0.25) is 0 Å². The Balaban J connectivity index is 4.74. The fourth-order valence-corrected chi connectivity index (χ4v) is 0.851. The quantitative estimate of drug-likeness (QED) is 0.696. The van der Waals surface area contributed by atoms with Crippen LogP contribution < -0.4 is 0 Å². The third-order valence-electron chi connectivity index (χ3n) is 2.69. The molecule has 0 heterocycles. The van der Waals surface area contributed by atoms with Gasteiger partial charge in [0.1, 0.15) is 5.60 Å². The molecule has 0 fully saturated rings. The van der Waals surface area contributed by atoms with Gasteiger partial charge < -0.3 is 9.84 Å². The first-order valence-electron chi connectivity index (χ1n) is 3.96. The van der Waals surface area contributed by atoms with E-state index in [4.69, 9.17) is 10.00 Å². The van der Waals surface area contributed by atoms with Crippen molar-refractivity contribution in [2.24, 2.45) is 5.41 Å². The van der Waals surface area contributed by atoms with Gasteiger partial charge in [-0.3, -0.25) is 0 Å². The molecule has 3 nitrogen and oxygen atoms in total. The fourth-order valence-electron chi connectivity index (χ4n) is 0.851. The number of hydrogen-bond acceptors (Lipinski definition) is 3. The summed E-state index contributed by atoms with van der Waals surface area (Å²) in [6, 6.07) is 2.07. The molecule has 0 amide bonds. The Kier molecular flexibility index (Phi) is 3.25. The molecule has 0 aromatic heterocycles. The lowest BCUT2D eigenvalue weighted by Gasteiger charge is -2.38. The van der Waals surface area contributed by atoms with Gasteiger partial charge in [-0.2, -0.15) is 5.26 Å². The summed E-state index contributed by atoms with van der Waals surface area (Å²) in [7, 11) is 1.52. The van der Waals surface area contributed by atoms with Crippen LogP contribution in [0, 0.1) is 16.7 Å². The van der Waals surface area contributed by atoms with Crippen molar-refractivity contribution >= 4 is 0 Å². The summed E-state index contributed by atoms with van der Waals surface area (Å²) >= 11 is 0. The molecule has 3 heteroatoms. The van der Waals surface area contributed by atoms with Crippen LogP contribution in [-0.4, -0.2) is 23.9 Å². The molecule has 0 saturated heterocycles. The zero-order chi connectivity index (χ0) is 9.99. The number of rotatable bonds is 3. The summed E-state index contributed by atoms with van der Waals surface area (Å²) in [6.07, 6.45) is -0.354. The summed E-state index contributed by atoms with van der Waals surface area (Å²) in [5.74, 6) is 0. The number of ether oxygens (including phenoxy) is 1. The predicted octanol–water partition coefficient (Wildman–Crippen LogP) is 1.32. The van der Waals surface area contributed by atoms with Crippen LogP contribution in [0.4, 0.5) is 0 Å². The van der Waals surface area contributed by atoms with E-state index >= 15 is 0 Å². The van der Waals surface area contributed by atoms with Crippen molar-refractivity contribution in [3.05, 3.63) is 0 Å². The number of hydrogen-bond donors (Lipinski definition) is 1. The summed E-state index contributed by atoms with van der Waals surface area (Å²) in [5, 5.41) is 18.8. The minimum Gasteiger partial charge on any atom is -0.386 e. The second kappa shape index (κ2) is 3.42. The highest BCUT2D eigenvalue weighted by Crippen LogP contribution is 2.33. The third kappa shape index (κ3) is 1.77. The Hall–Kier alpha value is -0.590. The van der Waals surface area contributed by atoms with Crippen molar-refractivity contribution in [1.29, 1.82) is 5.26 Å². The SMILES string of the molecule is COC(C)C(C)(O)C(C)(C)C#N. The van der Waals surface area contributed by atoms with E-state index in [-0.39, 0.29) is 6.10 Å². The molecule has 0 aromatic carbocycles. The maximum absolute atomic E-state index is 9.96. The van der Waals surface area contributed by atoms with Crippen LogP contribution in [0.15, 0.2) is 0 Å². The Morgan fingerprint density at radius 3 is 2.08 bits per heavy atom. The molecule has 1 N–H and O–H groups in total. The third-order valence-corrected chi connectivity index (χ3v) is 2.69. The van der Waals surface area contributed by atoms with Gasteiger partial charge in [0, 0.05) is 7.11 Å². The second-order valence-electron chi connectivity index (χ2n) is 3.76. The number of methoxy groups -OCH3 is 1. The van der Waals surface area contributed by atoms with Gasteiger partial charge in [0.2, 0.25) is 0 Å². The van der Waals surface area contributed by atoms with Gasteiger partial charge in [-0.15, -0.1) is 0 Å². The van der Waals surface area contributed by atoms with E-state index in [0.29, 0.717) is 0 Å². The lowest BCUT2D eigenvalue weighted by Crippen LogP contribution is -2.50. The van der Waals surface area contributed by atoms with E-state index in [2.05, 4.69) is 6.07 Å². The van der Waals surface area contributed by atoms with Gasteiger partial charge in [0.15, 0.2) is 0 Å². The largest absolute Gasteiger partial charge is 0.386 e. The lowest BCUT2D eigenvalue weighted by atomic mass is 9.74. The van der Waals surface area contributed by atoms with Crippen LogP contribution in [0.3, 0.4) is 0 Å². The zero-order valence-corrected chi connectivity index (χ0v) is 8.38. The van der Waals surface area contributed by atoms with Gasteiger partial charge >= 0.3 is 0 Å². The number of nitrogens with zero attached hydrogens (tertiary/aromatic N) is 1. The molecule has 0 aromatic rings. The minimum absolute atomic E-state index is 0.354. The molecular weight excluding hydrogens is 154 g/mol. The van der Waals surface area contributed by atoms with E-state index in [0.717, 1.165) is 0 Å². The maximum atomic E-state index is 9.96. The molecule has 0 spiro atoms. The van der Waals surface area contributed by atoms with E-state index in [1.807, 2.05) is 0 Å². The molecule has 0 bridgehead atoms. The topological polar surface area (TPSA) is 53.2 Å². The van der Waals surface area contributed by atoms with Gasteiger partial charge in [0.05, 0.1) is 17.6 Å². The fraction of sp³-hybridized carbons (Fsp3) is 0.889. The molecular formula is C9H17NO2. The highest BCUT2D eigenvalue weighted by molar-refractivity contribution is 5.06. The summed E-state index contributed by atoms with van der Waals surface area (Å²) in [4.78, 5) is 0. The molecule has 70 valence electrons. The normalized spacial score (nSPS) is 19.4.